The number of Topliss-reactive ketones (excluding diaryl/α,β-unsaturated/α-hetero) is 1. The van der Waals surface area contributed by atoms with Crippen molar-refractivity contribution in [2.75, 3.05) is 5.75 Å². The summed E-state index contributed by atoms with van der Waals surface area (Å²) in [5.74, 6) is -1.31. The van der Waals surface area contributed by atoms with Crippen molar-refractivity contribution < 1.29 is 14.7 Å². The number of benzene rings is 2. The van der Waals surface area contributed by atoms with Gasteiger partial charge in [-0.3, -0.25) is 4.79 Å². The molecule has 0 heterocycles. The second-order valence-corrected chi connectivity index (χ2v) is 6.85. The van der Waals surface area contributed by atoms with Gasteiger partial charge in [-0.25, -0.2) is 0 Å². The summed E-state index contributed by atoms with van der Waals surface area (Å²) >= 11 is 7.07. The first-order valence-electron chi connectivity index (χ1n) is 7.12. The normalized spacial score (nSPS) is 11.9. The summed E-state index contributed by atoms with van der Waals surface area (Å²) in [6, 6.07) is 14.5. The van der Waals surface area contributed by atoms with Crippen LogP contribution in [-0.4, -0.2) is 17.5 Å². The fourth-order valence-corrected chi connectivity index (χ4v) is 3.31. The third kappa shape index (κ3) is 5.41. The summed E-state index contributed by atoms with van der Waals surface area (Å²) in [4.78, 5) is 23.2. The zero-order chi connectivity index (χ0) is 16.8. The van der Waals surface area contributed by atoms with Gasteiger partial charge in [0.2, 0.25) is 0 Å². The van der Waals surface area contributed by atoms with Crippen molar-refractivity contribution in [3.63, 3.8) is 0 Å². The van der Waals surface area contributed by atoms with Crippen LogP contribution in [0.4, 0.5) is 0 Å². The molecule has 0 aliphatic carbocycles. The van der Waals surface area contributed by atoms with Crippen molar-refractivity contribution in [3.8, 4) is 0 Å². The van der Waals surface area contributed by atoms with Gasteiger partial charge in [0, 0.05) is 28.0 Å². The number of thioether (sulfide) groups is 1. The molecule has 0 saturated heterocycles. The minimum Gasteiger partial charge on any atom is -0.549 e. The number of hydrogen-bond donors (Lipinski definition) is 0. The van der Waals surface area contributed by atoms with Crippen LogP contribution in [0.2, 0.25) is 5.02 Å². The number of hydrogen-bond acceptors (Lipinski definition) is 4. The number of carbonyl (C=O) groups excluding carboxylic acids is 2. The minimum absolute atomic E-state index is 0.0144. The molecule has 3 nitrogen and oxygen atoms in total. The van der Waals surface area contributed by atoms with Crippen molar-refractivity contribution in [2.24, 2.45) is 0 Å². The molecule has 2 aromatic rings. The van der Waals surface area contributed by atoms with Crippen LogP contribution in [0.3, 0.4) is 0 Å². The predicted octanol–water partition coefficient (Wildman–Crippen LogP) is 3.45. The lowest BCUT2D eigenvalue weighted by Crippen LogP contribution is -2.25. The highest BCUT2D eigenvalue weighted by Gasteiger charge is 2.18. The zero-order valence-corrected chi connectivity index (χ0v) is 14.2. The molecular formula is C18H16ClO3S-. The summed E-state index contributed by atoms with van der Waals surface area (Å²) in [7, 11) is 0. The Balaban J connectivity index is 2.18. The van der Waals surface area contributed by atoms with Crippen molar-refractivity contribution in [1.29, 1.82) is 0 Å². The van der Waals surface area contributed by atoms with E-state index in [0.717, 1.165) is 11.1 Å². The lowest BCUT2D eigenvalue weighted by Gasteiger charge is -2.17. The molecule has 0 unspecified atom stereocenters. The standard InChI is InChI=1S/C18H17ClO3S/c1-12-3-2-4-14(9-12)16(20)10-17(23-11-18(21)22)13-5-7-15(19)8-6-13/h2-9,17H,10-11H2,1H3,(H,21,22)/p-1/t17-/m1/s1. The van der Waals surface area contributed by atoms with E-state index in [1.807, 2.05) is 37.3 Å². The Morgan fingerprint density at radius 3 is 2.48 bits per heavy atom. The molecule has 0 fully saturated rings. The van der Waals surface area contributed by atoms with Crippen molar-refractivity contribution in [1.82, 2.24) is 0 Å². The number of carbonyl (C=O) groups is 2. The average Bonchev–Trinajstić information content (AvgIpc) is 2.52. The van der Waals surface area contributed by atoms with E-state index in [9.17, 15) is 14.7 Å². The largest absolute Gasteiger partial charge is 0.549 e. The number of carboxylic acid groups (broad SMARTS) is 1. The smallest absolute Gasteiger partial charge is 0.164 e. The van der Waals surface area contributed by atoms with Crippen LogP contribution < -0.4 is 5.11 Å². The average molecular weight is 348 g/mol. The molecule has 23 heavy (non-hydrogen) atoms. The van der Waals surface area contributed by atoms with Gasteiger partial charge < -0.3 is 9.90 Å². The fourth-order valence-electron chi connectivity index (χ4n) is 2.22. The first-order chi connectivity index (χ1) is 11.0. The van der Waals surface area contributed by atoms with Crippen LogP contribution in [0.1, 0.15) is 33.2 Å². The van der Waals surface area contributed by atoms with Crippen LogP contribution in [0.5, 0.6) is 0 Å². The third-order valence-electron chi connectivity index (χ3n) is 3.35. The van der Waals surface area contributed by atoms with Gasteiger partial charge >= 0.3 is 0 Å². The van der Waals surface area contributed by atoms with Gasteiger partial charge in [-0.15, -0.1) is 11.8 Å². The number of aliphatic carboxylic acids is 1. The number of ketones is 1. The number of aryl methyl sites for hydroxylation is 1. The summed E-state index contributed by atoms with van der Waals surface area (Å²) < 4.78 is 0. The van der Waals surface area contributed by atoms with Gasteiger partial charge in [-0.2, -0.15) is 0 Å². The van der Waals surface area contributed by atoms with E-state index < -0.39 is 5.97 Å². The summed E-state index contributed by atoms with van der Waals surface area (Å²) in [5, 5.41) is 11.1. The molecule has 0 bridgehead atoms. The molecule has 0 radical (unpaired) electrons. The Hall–Kier alpha value is -1.78. The Labute approximate surface area is 144 Å². The molecule has 0 spiro atoms. The quantitative estimate of drug-likeness (QED) is 0.720. The summed E-state index contributed by atoms with van der Waals surface area (Å²) in [5.41, 5.74) is 2.53. The fraction of sp³-hybridized carbons (Fsp3) is 0.222. The van der Waals surface area contributed by atoms with Gasteiger partial charge in [0.05, 0.1) is 5.97 Å². The number of rotatable bonds is 7. The Bertz CT molecular complexity index is 698. The monoisotopic (exact) mass is 347 g/mol. The molecule has 0 N–H and O–H groups in total. The molecule has 0 aliphatic heterocycles. The van der Waals surface area contributed by atoms with Gasteiger partial charge in [-0.05, 0) is 30.7 Å². The van der Waals surface area contributed by atoms with E-state index in [2.05, 4.69) is 0 Å². The third-order valence-corrected chi connectivity index (χ3v) is 4.85. The highest BCUT2D eigenvalue weighted by atomic mass is 35.5. The molecule has 120 valence electrons. The van der Waals surface area contributed by atoms with E-state index in [1.165, 1.54) is 11.8 Å². The Morgan fingerprint density at radius 1 is 1.17 bits per heavy atom. The molecule has 0 aromatic heterocycles. The van der Waals surface area contributed by atoms with Crippen molar-refractivity contribution >= 4 is 35.1 Å². The lowest BCUT2D eigenvalue weighted by molar-refractivity contribution is -0.301. The molecule has 0 saturated carbocycles. The summed E-state index contributed by atoms with van der Waals surface area (Å²) in [6.45, 7) is 1.93. The topological polar surface area (TPSA) is 57.2 Å². The van der Waals surface area contributed by atoms with E-state index >= 15 is 0 Å². The SMILES string of the molecule is Cc1cccc(C(=O)C[C@@H](SCC(=O)[O-])c2ccc(Cl)cc2)c1. The van der Waals surface area contributed by atoms with Gasteiger partial charge in [0.1, 0.15) is 0 Å². The van der Waals surface area contributed by atoms with Crippen LogP contribution in [0, 0.1) is 6.92 Å². The molecule has 2 aromatic carbocycles. The van der Waals surface area contributed by atoms with Gasteiger partial charge in [-0.1, -0.05) is 47.5 Å². The molecule has 2 rings (SSSR count). The Morgan fingerprint density at radius 2 is 1.87 bits per heavy atom. The van der Waals surface area contributed by atoms with E-state index in [0.29, 0.717) is 10.6 Å². The van der Waals surface area contributed by atoms with Crippen LogP contribution in [0.15, 0.2) is 48.5 Å². The maximum absolute atomic E-state index is 12.5. The van der Waals surface area contributed by atoms with Crippen LogP contribution in [0.25, 0.3) is 0 Å². The van der Waals surface area contributed by atoms with Gasteiger partial charge in [0.15, 0.2) is 5.78 Å². The second-order valence-electron chi connectivity index (χ2n) is 5.22. The maximum atomic E-state index is 12.5. The lowest BCUT2D eigenvalue weighted by atomic mass is 10.0. The van der Waals surface area contributed by atoms with Crippen LogP contribution in [-0.2, 0) is 4.79 Å². The Kier molecular flexibility index (Phi) is 6.25. The van der Waals surface area contributed by atoms with Crippen molar-refractivity contribution in [3.05, 3.63) is 70.2 Å². The number of carboxylic acids is 1. The first kappa shape index (κ1) is 17.6. The summed E-state index contributed by atoms with van der Waals surface area (Å²) in [6.07, 6.45) is 0.225. The second kappa shape index (κ2) is 8.18. The molecule has 0 amide bonds. The molecular weight excluding hydrogens is 332 g/mol. The van der Waals surface area contributed by atoms with Crippen LogP contribution >= 0.6 is 23.4 Å². The molecule has 0 aliphatic rings. The highest BCUT2D eigenvalue weighted by molar-refractivity contribution is 8.00. The predicted molar refractivity (Wildman–Crippen MR) is 91.8 cm³/mol. The van der Waals surface area contributed by atoms with Gasteiger partial charge in [0.25, 0.3) is 0 Å². The maximum Gasteiger partial charge on any atom is 0.164 e. The number of halogens is 1. The van der Waals surface area contributed by atoms with Crippen molar-refractivity contribution in [2.45, 2.75) is 18.6 Å². The zero-order valence-electron chi connectivity index (χ0n) is 12.6. The molecule has 1 atom stereocenters. The van der Waals surface area contributed by atoms with E-state index in [-0.39, 0.29) is 23.2 Å². The molecule has 5 heteroatoms. The highest BCUT2D eigenvalue weighted by Crippen LogP contribution is 2.33. The van der Waals surface area contributed by atoms with E-state index in [1.54, 1.807) is 18.2 Å². The first-order valence-corrected chi connectivity index (χ1v) is 8.55. The minimum atomic E-state index is -1.14. The van der Waals surface area contributed by atoms with E-state index in [4.69, 9.17) is 11.6 Å².